The van der Waals surface area contributed by atoms with E-state index >= 15 is 0 Å². The lowest BCUT2D eigenvalue weighted by atomic mass is 10.2. The average Bonchev–Trinajstić information content (AvgIpc) is 3.22. The highest BCUT2D eigenvalue weighted by atomic mass is 32.2. The molecule has 29 heavy (non-hydrogen) atoms. The van der Waals surface area contributed by atoms with Crippen LogP contribution >= 0.6 is 11.8 Å². The lowest BCUT2D eigenvalue weighted by Crippen LogP contribution is -2.00. The van der Waals surface area contributed by atoms with Gasteiger partial charge in [-0.05, 0) is 42.0 Å². The fraction of sp³-hybridized carbons (Fsp3) is 0.0870. The van der Waals surface area contributed by atoms with E-state index in [2.05, 4.69) is 44.0 Å². The van der Waals surface area contributed by atoms with Crippen molar-refractivity contribution < 1.29 is 4.74 Å². The highest BCUT2D eigenvalue weighted by Crippen LogP contribution is 2.28. The predicted octanol–water partition coefficient (Wildman–Crippen LogP) is 5.14. The summed E-state index contributed by atoms with van der Waals surface area (Å²) >= 11 is 1.64. The molecule has 0 aliphatic heterocycles. The Morgan fingerprint density at radius 1 is 0.931 bits per heavy atom. The molecule has 2 aromatic carbocycles. The van der Waals surface area contributed by atoms with Crippen LogP contribution in [0.1, 0.15) is 5.56 Å². The van der Waals surface area contributed by atoms with Crippen LogP contribution in [0.2, 0.25) is 0 Å². The first-order valence-corrected chi connectivity index (χ1v) is 10.2. The van der Waals surface area contributed by atoms with Crippen molar-refractivity contribution in [1.82, 2.24) is 19.7 Å². The van der Waals surface area contributed by atoms with Crippen LogP contribution in [0, 0.1) is 0 Å². The molecule has 4 rings (SSSR count). The predicted molar refractivity (Wildman–Crippen MR) is 117 cm³/mol. The fourth-order valence-corrected chi connectivity index (χ4v) is 3.65. The van der Waals surface area contributed by atoms with Gasteiger partial charge in [0.2, 0.25) is 0 Å². The number of methoxy groups -OCH3 is 1. The summed E-state index contributed by atoms with van der Waals surface area (Å²) in [4.78, 5) is 4.10. The molecule has 0 saturated heterocycles. The van der Waals surface area contributed by atoms with Gasteiger partial charge < -0.3 is 4.74 Å². The van der Waals surface area contributed by atoms with Gasteiger partial charge in [-0.2, -0.15) is 0 Å². The number of ether oxygens (including phenoxy) is 1. The topological polar surface area (TPSA) is 52.8 Å². The molecule has 4 aromatic rings. The molecule has 0 bridgehead atoms. The molecule has 0 spiro atoms. The summed E-state index contributed by atoms with van der Waals surface area (Å²) in [5.41, 5.74) is 3.13. The van der Waals surface area contributed by atoms with E-state index in [4.69, 9.17) is 4.74 Å². The van der Waals surface area contributed by atoms with Gasteiger partial charge in [-0.3, -0.25) is 9.55 Å². The molecule has 0 fully saturated rings. The molecule has 144 valence electrons. The smallest absolute Gasteiger partial charge is 0.196 e. The zero-order valence-electron chi connectivity index (χ0n) is 16.0. The maximum Gasteiger partial charge on any atom is 0.196 e. The third-order valence-electron chi connectivity index (χ3n) is 4.32. The molecule has 0 N–H and O–H groups in total. The third-order valence-corrected chi connectivity index (χ3v) is 5.20. The van der Waals surface area contributed by atoms with Gasteiger partial charge in [0.05, 0.1) is 7.11 Å². The van der Waals surface area contributed by atoms with E-state index < -0.39 is 0 Å². The van der Waals surface area contributed by atoms with Gasteiger partial charge >= 0.3 is 0 Å². The van der Waals surface area contributed by atoms with Crippen molar-refractivity contribution in [3.63, 3.8) is 0 Å². The van der Waals surface area contributed by atoms with Crippen molar-refractivity contribution >= 4 is 17.8 Å². The van der Waals surface area contributed by atoms with Crippen LogP contribution in [0.5, 0.6) is 5.75 Å². The Hall–Kier alpha value is -3.38. The summed E-state index contributed by atoms with van der Waals surface area (Å²) in [7, 11) is 1.66. The summed E-state index contributed by atoms with van der Waals surface area (Å²) in [6.07, 6.45) is 7.78. The standard InChI is InChI=1S/C23H20N4OS/c1-28-21-11-9-20(10-12-21)27-22(19-13-15-24-16-14-19)25-26-23(27)29-17-5-8-18-6-3-2-4-7-18/h2-16H,17H2,1H3/b8-5+. The highest BCUT2D eigenvalue weighted by molar-refractivity contribution is 7.99. The van der Waals surface area contributed by atoms with Crippen molar-refractivity contribution in [3.8, 4) is 22.8 Å². The molecular weight excluding hydrogens is 380 g/mol. The Morgan fingerprint density at radius 2 is 1.69 bits per heavy atom. The first-order chi connectivity index (χ1) is 14.3. The zero-order chi connectivity index (χ0) is 19.9. The van der Waals surface area contributed by atoms with Gasteiger partial charge in [-0.15, -0.1) is 10.2 Å². The van der Waals surface area contributed by atoms with Crippen LogP contribution < -0.4 is 4.74 Å². The summed E-state index contributed by atoms with van der Waals surface area (Å²) in [6, 6.07) is 22.0. The van der Waals surface area contributed by atoms with E-state index in [-0.39, 0.29) is 0 Å². The molecule has 0 amide bonds. The minimum atomic E-state index is 0.784. The monoisotopic (exact) mass is 400 g/mol. The maximum absolute atomic E-state index is 5.29. The SMILES string of the molecule is COc1ccc(-n2c(SC/C=C/c3ccccc3)nnc2-c2ccncc2)cc1. The summed E-state index contributed by atoms with van der Waals surface area (Å²) in [5.74, 6) is 2.39. The van der Waals surface area contributed by atoms with Crippen LogP contribution in [-0.2, 0) is 0 Å². The fourth-order valence-electron chi connectivity index (χ4n) is 2.89. The molecule has 5 nitrogen and oxygen atoms in total. The molecular formula is C23H20N4OS. The van der Waals surface area contributed by atoms with Crippen molar-refractivity contribution in [2.75, 3.05) is 12.9 Å². The first kappa shape index (κ1) is 19.0. The lowest BCUT2D eigenvalue weighted by molar-refractivity contribution is 0.414. The number of rotatable bonds is 7. The molecule has 6 heteroatoms. The Bertz CT molecular complexity index is 1080. The molecule has 0 aliphatic carbocycles. The van der Waals surface area contributed by atoms with Crippen LogP contribution in [0.15, 0.2) is 90.4 Å². The summed E-state index contributed by atoms with van der Waals surface area (Å²) in [5, 5.41) is 9.73. The van der Waals surface area contributed by atoms with Gasteiger partial charge in [0.15, 0.2) is 11.0 Å². The van der Waals surface area contributed by atoms with E-state index in [0.29, 0.717) is 0 Å². The second kappa shape index (κ2) is 9.21. The maximum atomic E-state index is 5.29. The summed E-state index contributed by atoms with van der Waals surface area (Å²) < 4.78 is 7.36. The molecule has 0 radical (unpaired) electrons. The molecule has 0 aliphatic rings. The Labute approximate surface area is 174 Å². The number of hydrogen-bond acceptors (Lipinski definition) is 5. The number of aromatic nitrogens is 4. The van der Waals surface area contributed by atoms with E-state index in [1.165, 1.54) is 5.56 Å². The van der Waals surface area contributed by atoms with Crippen LogP contribution in [-0.4, -0.2) is 32.6 Å². The van der Waals surface area contributed by atoms with Crippen LogP contribution in [0.3, 0.4) is 0 Å². The van der Waals surface area contributed by atoms with Gasteiger partial charge in [0.1, 0.15) is 5.75 Å². The van der Waals surface area contributed by atoms with E-state index in [0.717, 1.165) is 33.7 Å². The Kier molecular flexibility index (Phi) is 6.02. The quantitative estimate of drug-likeness (QED) is 0.402. The van der Waals surface area contributed by atoms with Crippen LogP contribution in [0.4, 0.5) is 0 Å². The van der Waals surface area contributed by atoms with Crippen molar-refractivity contribution in [2.45, 2.75) is 5.16 Å². The summed E-state index contributed by atoms with van der Waals surface area (Å²) in [6.45, 7) is 0. The molecule has 0 saturated carbocycles. The number of pyridine rings is 1. The largest absolute Gasteiger partial charge is 0.497 e. The number of nitrogens with zero attached hydrogens (tertiary/aromatic N) is 4. The Balaban J connectivity index is 1.62. The first-order valence-electron chi connectivity index (χ1n) is 9.20. The minimum absolute atomic E-state index is 0.784. The molecule has 0 atom stereocenters. The van der Waals surface area contributed by atoms with E-state index in [1.807, 2.05) is 54.6 Å². The second-order valence-corrected chi connectivity index (χ2v) is 7.19. The van der Waals surface area contributed by atoms with Crippen molar-refractivity contribution in [3.05, 3.63) is 90.8 Å². The zero-order valence-corrected chi connectivity index (χ0v) is 16.8. The molecule has 2 aromatic heterocycles. The lowest BCUT2D eigenvalue weighted by Gasteiger charge is -2.10. The van der Waals surface area contributed by atoms with Gasteiger partial charge in [0, 0.05) is 29.4 Å². The minimum Gasteiger partial charge on any atom is -0.497 e. The van der Waals surface area contributed by atoms with Crippen molar-refractivity contribution in [2.24, 2.45) is 0 Å². The van der Waals surface area contributed by atoms with Crippen molar-refractivity contribution in [1.29, 1.82) is 0 Å². The Morgan fingerprint density at radius 3 is 2.41 bits per heavy atom. The van der Waals surface area contributed by atoms with E-state index in [9.17, 15) is 0 Å². The van der Waals surface area contributed by atoms with Gasteiger partial charge in [-0.25, -0.2) is 0 Å². The molecule has 0 unspecified atom stereocenters. The van der Waals surface area contributed by atoms with E-state index in [1.54, 1.807) is 31.3 Å². The third kappa shape index (κ3) is 4.55. The van der Waals surface area contributed by atoms with Gasteiger partial charge in [-0.1, -0.05) is 54.2 Å². The van der Waals surface area contributed by atoms with Gasteiger partial charge in [0.25, 0.3) is 0 Å². The average molecular weight is 401 g/mol. The number of hydrogen-bond donors (Lipinski definition) is 0. The molecule has 2 heterocycles. The number of thioether (sulfide) groups is 1. The van der Waals surface area contributed by atoms with Crippen LogP contribution in [0.25, 0.3) is 23.2 Å². The highest BCUT2D eigenvalue weighted by Gasteiger charge is 2.15. The normalized spacial score (nSPS) is 11.1. The number of benzene rings is 2. The second-order valence-electron chi connectivity index (χ2n) is 6.20.